The Kier molecular flexibility index (Phi) is 9.09. The van der Waals surface area contributed by atoms with Gasteiger partial charge in [0.05, 0.1) is 23.5 Å². The van der Waals surface area contributed by atoms with Crippen molar-refractivity contribution in [2.24, 2.45) is 12.5 Å². The number of nitrogens with one attached hydrogen (secondary N) is 3. The van der Waals surface area contributed by atoms with E-state index in [-0.39, 0.29) is 0 Å². The maximum Gasteiger partial charge on any atom is 0.229 e. The van der Waals surface area contributed by atoms with Crippen molar-refractivity contribution in [1.29, 1.82) is 0 Å². The minimum Gasteiger partial charge on any atom is -0.494 e. The fraction of sp³-hybridized carbons (Fsp3) is 0.457. The van der Waals surface area contributed by atoms with Crippen LogP contribution in [-0.4, -0.2) is 80.5 Å². The molecule has 2 aromatic carbocycles. The number of nitrogens with zero attached hydrogens (tertiary/aromatic N) is 6. The SMILES string of the molecule is CNS(=O)(=O)C1(c2ccccc2Nc2nc(Nc3cc(-c4cnn(C)c4)c(N4CCC5(CCN(C)CC5)CC4)cc3OC)ncc2Br)CC1. The quantitative estimate of drug-likeness (QED) is 0.178. The Morgan fingerprint density at radius 3 is 2.29 bits per heavy atom. The van der Waals surface area contributed by atoms with E-state index >= 15 is 0 Å². The molecule has 2 saturated heterocycles. The van der Waals surface area contributed by atoms with Crippen LogP contribution in [-0.2, 0) is 21.8 Å². The molecule has 1 saturated carbocycles. The Labute approximate surface area is 296 Å². The molecule has 4 heterocycles. The number of methoxy groups -OCH3 is 1. The van der Waals surface area contributed by atoms with Gasteiger partial charge in [-0.25, -0.2) is 18.1 Å². The van der Waals surface area contributed by atoms with E-state index < -0.39 is 14.8 Å². The number of benzene rings is 2. The average Bonchev–Trinajstić information content (AvgIpc) is 3.82. The van der Waals surface area contributed by atoms with E-state index in [0.29, 0.717) is 51.5 Å². The normalized spacial score (nSPS) is 18.8. The van der Waals surface area contributed by atoms with Crippen LogP contribution in [0.3, 0.4) is 0 Å². The minimum atomic E-state index is -3.54. The molecule has 3 fully saturated rings. The van der Waals surface area contributed by atoms with Crippen LogP contribution < -0.4 is 25.0 Å². The summed E-state index contributed by atoms with van der Waals surface area (Å²) in [5.74, 6) is 1.54. The van der Waals surface area contributed by atoms with Crippen molar-refractivity contribution in [3.8, 4) is 16.9 Å². The van der Waals surface area contributed by atoms with Crippen LogP contribution in [0.5, 0.6) is 5.75 Å². The lowest BCUT2D eigenvalue weighted by Crippen LogP contribution is -2.46. The molecular formula is C35H44BrN9O3S. The molecule has 0 radical (unpaired) electrons. The molecule has 2 aromatic heterocycles. The fourth-order valence-corrected chi connectivity index (χ4v) is 9.24. The van der Waals surface area contributed by atoms with E-state index in [1.54, 1.807) is 13.3 Å². The van der Waals surface area contributed by atoms with Crippen molar-refractivity contribution in [1.82, 2.24) is 29.4 Å². The first kappa shape index (κ1) is 33.8. The molecular weight excluding hydrogens is 706 g/mol. The maximum absolute atomic E-state index is 13.0. The Hall–Kier alpha value is -3.72. The second-order valence-corrected chi connectivity index (χ2v) is 16.7. The van der Waals surface area contributed by atoms with Gasteiger partial charge in [-0.05, 0) is 105 Å². The number of rotatable bonds is 10. The summed E-state index contributed by atoms with van der Waals surface area (Å²) in [6.45, 7) is 4.35. The minimum absolute atomic E-state index is 0.359. The van der Waals surface area contributed by atoms with Gasteiger partial charge in [-0.3, -0.25) is 4.68 Å². The topological polar surface area (TPSA) is 130 Å². The van der Waals surface area contributed by atoms with Crippen LogP contribution >= 0.6 is 15.9 Å². The van der Waals surface area contributed by atoms with Crippen LogP contribution in [0.15, 0.2) is 59.5 Å². The second kappa shape index (κ2) is 13.2. The number of sulfonamides is 1. The molecule has 0 unspecified atom stereocenters. The molecule has 260 valence electrons. The Balaban J connectivity index is 1.18. The number of ether oxygens (including phenoxy) is 1. The lowest BCUT2D eigenvalue weighted by Gasteiger charge is -2.47. The van der Waals surface area contributed by atoms with Gasteiger partial charge >= 0.3 is 0 Å². The number of halogens is 1. The zero-order valence-corrected chi connectivity index (χ0v) is 30.9. The zero-order valence-electron chi connectivity index (χ0n) is 28.5. The summed E-state index contributed by atoms with van der Waals surface area (Å²) in [6, 6.07) is 11.7. The standard InChI is InChI=1S/C35H44BrN9O3S/c1-37-49(46,47)35(9-10-35)26-7-5-6-8-28(26)40-32-27(36)22-38-33(42-32)41-29-19-25(24-21-39-44(3)23-24)30(20-31(29)48-4)45-17-13-34(14-18-45)11-15-43(2)16-12-34/h5-8,19-23,37H,9-18H2,1-4H3,(H2,38,40,41,42). The lowest BCUT2D eigenvalue weighted by atomic mass is 9.71. The summed E-state index contributed by atoms with van der Waals surface area (Å²) in [6.07, 6.45) is 11.6. The van der Waals surface area contributed by atoms with Crippen LogP contribution in [0.25, 0.3) is 11.1 Å². The van der Waals surface area contributed by atoms with Crippen LogP contribution in [0, 0.1) is 5.41 Å². The van der Waals surface area contributed by atoms with Crippen molar-refractivity contribution in [3.05, 3.63) is 65.0 Å². The Morgan fingerprint density at radius 1 is 0.918 bits per heavy atom. The second-order valence-electron chi connectivity index (χ2n) is 13.7. The largest absolute Gasteiger partial charge is 0.494 e. The third-order valence-electron chi connectivity index (χ3n) is 10.7. The van der Waals surface area contributed by atoms with Crippen LogP contribution in [0.4, 0.5) is 28.8 Å². The first-order valence-corrected chi connectivity index (χ1v) is 19.1. The smallest absolute Gasteiger partial charge is 0.229 e. The number of hydrogen-bond acceptors (Lipinski definition) is 10. The first-order chi connectivity index (χ1) is 23.5. The molecule has 1 aliphatic carbocycles. The number of hydrogen-bond donors (Lipinski definition) is 3. The molecule has 0 atom stereocenters. The van der Waals surface area contributed by atoms with Crippen molar-refractivity contribution in [2.75, 3.05) is 62.9 Å². The monoisotopic (exact) mass is 749 g/mol. The molecule has 3 N–H and O–H groups in total. The highest BCUT2D eigenvalue weighted by molar-refractivity contribution is 9.10. The molecule has 2 aliphatic heterocycles. The molecule has 4 aromatic rings. The van der Waals surface area contributed by atoms with Crippen molar-refractivity contribution >= 4 is 54.8 Å². The number of likely N-dealkylation sites (tertiary alicyclic amines) is 1. The summed E-state index contributed by atoms with van der Waals surface area (Å²) in [5, 5.41) is 11.3. The summed E-state index contributed by atoms with van der Waals surface area (Å²) >= 11 is 3.59. The fourth-order valence-electron chi connectivity index (χ4n) is 7.45. The summed E-state index contributed by atoms with van der Waals surface area (Å²) in [7, 11) is 3.75. The van der Waals surface area contributed by atoms with Gasteiger partial charge in [-0.2, -0.15) is 10.1 Å². The molecule has 0 bridgehead atoms. The molecule has 49 heavy (non-hydrogen) atoms. The number of aromatic nitrogens is 4. The predicted octanol–water partition coefficient (Wildman–Crippen LogP) is 5.99. The highest BCUT2D eigenvalue weighted by atomic mass is 79.9. The summed E-state index contributed by atoms with van der Waals surface area (Å²) in [4.78, 5) is 14.3. The van der Waals surface area contributed by atoms with Crippen molar-refractivity contribution in [3.63, 3.8) is 0 Å². The highest BCUT2D eigenvalue weighted by Crippen LogP contribution is 2.54. The lowest BCUT2D eigenvalue weighted by molar-refractivity contribution is 0.0945. The number of anilines is 5. The third-order valence-corrected chi connectivity index (χ3v) is 13.5. The first-order valence-electron chi connectivity index (χ1n) is 16.8. The number of aryl methyl sites for hydroxylation is 1. The van der Waals surface area contributed by atoms with Crippen LogP contribution in [0.1, 0.15) is 44.1 Å². The van der Waals surface area contributed by atoms with E-state index in [1.165, 1.54) is 45.8 Å². The third kappa shape index (κ3) is 6.51. The van der Waals surface area contributed by atoms with E-state index in [2.05, 4.69) is 70.3 Å². The van der Waals surface area contributed by atoms with Crippen LogP contribution in [0.2, 0.25) is 0 Å². The van der Waals surface area contributed by atoms with Gasteiger partial charge in [0.25, 0.3) is 0 Å². The van der Waals surface area contributed by atoms with Gasteiger partial charge in [-0.15, -0.1) is 0 Å². The van der Waals surface area contributed by atoms with Gasteiger partial charge in [0.15, 0.2) is 0 Å². The highest BCUT2D eigenvalue weighted by Gasteiger charge is 2.56. The van der Waals surface area contributed by atoms with Gasteiger partial charge in [0.2, 0.25) is 16.0 Å². The van der Waals surface area contributed by atoms with Gasteiger partial charge in [0, 0.05) is 61.1 Å². The summed E-state index contributed by atoms with van der Waals surface area (Å²) < 4.78 is 36.0. The van der Waals surface area contributed by atoms with E-state index in [1.807, 2.05) is 48.4 Å². The van der Waals surface area contributed by atoms with Gasteiger partial charge < -0.3 is 25.2 Å². The Bertz CT molecular complexity index is 1950. The molecule has 3 aliphatic rings. The average molecular weight is 751 g/mol. The zero-order chi connectivity index (χ0) is 34.4. The van der Waals surface area contributed by atoms with E-state index in [9.17, 15) is 8.42 Å². The van der Waals surface area contributed by atoms with Crippen molar-refractivity contribution in [2.45, 2.75) is 43.3 Å². The Morgan fingerprint density at radius 2 is 1.63 bits per heavy atom. The maximum atomic E-state index is 13.0. The summed E-state index contributed by atoms with van der Waals surface area (Å²) in [5.41, 5.74) is 5.74. The molecule has 7 rings (SSSR count). The van der Waals surface area contributed by atoms with Crippen molar-refractivity contribution < 1.29 is 13.2 Å². The molecule has 0 amide bonds. The number of para-hydroxylation sites is 1. The predicted molar refractivity (Wildman–Crippen MR) is 197 cm³/mol. The van der Waals surface area contributed by atoms with E-state index in [0.717, 1.165) is 35.6 Å². The van der Waals surface area contributed by atoms with E-state index in [4.69, 9.17) is 9.72 Å². The van der Waals surface area contributed by atoms with Gasteiger partial charge in [-0.1, -0.05) is 18.2 Å². The molecule has 12 nitrogen and oxygen atoms in total. The molecule has 14 heteroatoms. The molecule has 1 spiro atoms. The number of piperidine rings is 2. The van der Waals surface area contributed by atoms with Gasteiger partial charge in [0.1, 0.15) is 16.3 Å².